The Morgan fingerprint density at radius 2 is 1.52 bits per heavy atom. The van der Waals surface area contributed by atoms with Gasteiger partial charge in [0.25, 0.3) is 0 Å². The third-order valence-electron chi connectivity index (χ3n) is 11.7. The van der Waals surface area contributed by atoms with Gasteiger partial charge in [-0.3, -0.25) is 14.1 Å². The number of aliphatic imine (C=N–C) groups is 1. The highest BCUT2D eigenvalue weighted by Gasteiger charge is 2.46. The first-order valence-electron chi connectivity index (χ1n) is 19.8. The molecule has 2 unspecified atom stereocenters. The maximum atomic E-state index is 6.52. The van der Waals surface area contributed by atoms with Crippen molar-refractivity contribution in [2.45, 2.75) is 38.0 Å². The monoisotopic (exact) mass is 754 g/mol. The number of pyridine rings is 2. The number of nitrogens with two attached hydrogens (primary N) is 1. The van der Waals surface area contributed by atoms with Gasteiger partial charge >= 0.3 is 0 Å². The van der Waals surface area contributed by atoms with Crippen LogP contribution >= 0.6 is 0 Å². The molecule has 0 radical (unpaired) electrons. The highest BCUT2D eigenvalue weighted by Crippen LogP contribution is 2.53. The van der Waals surface area contributed by atoms with Crippen LogP contribution in [0.15, 0.2) is 163 Å². The van der Waals surface area contributed by atoms with E-state index in [0.29, 0.717) is 5.70 Å². The minimum Gasteiger partial charge on any atom is -0.397 e. The summed E-state index contributed by atoms with van der Waals surface area (Å²) in [5, 5.41) is 2.03. The molecule has 4 aromatic heterocycles. The summed E-state index contributed by atoms with van der Waals surface area (Å²) in [5.41, 5.74) is 17.7. The van der Waals surface area contributed by atoms with Crippen molar-refractivity contribution in [1.29, 1.82) is 0 Å². The number of nitrogens with zero attached hydrogens (tertiary/aromatic N) is 7. The van der Waals surface area contributed by atoms with Crippen LogP contribution in [0.4, 0.5) is 0 Å². The fourth-order valence-corrected chi connectivity index (χ4v) is 8.89. The molecule has 2 atom stereocenters. The van der Waals surface area contributed by atoms with Crippen LogP contribution in [0.1, 0.15) is 49.6 Å². The molecule has 1 aliphatic heterocycles. The molecule has 2 N–H and O–H groups in total. The number of para-hydroxylation sites is 2. The molecule has 2 aliphatic carbocycles. The van der Waals surface area contributed by atoms with E-state index in [0.717, 1.165) is 86.1 Å². The van der Waals surface area contributed by atoms with E-state index in [2.05, 4.69) is 113 Å². The Bertz CT molecular complexity index is 3000. The van der Waals surface area contributed by atoms with Crippen LogP contribution in [0.2, 0.25) is 0 Å². The van der Waals surface area contributed by atoms with Crippen LogP contribution < -0.4 is 16.4 Å². The highest BCUT2D eigenvalue weighted by molar-refractivity contribution is 6.03. The van der Waals surface area contributed by atoms with Crippen LogP contribution in [0.5, 0.6) is 0 Å². The van der Waals surface area contributed by atoms with Crippen molar-refractivity contribution in [2.75, 3.05) is 0 Å². The highest BCUT2D eigenvalue weighted by atomic mass is 15.1. The van der Waals surface area contributed by atoms with Gasteiger partial charge in [-0.05, 0) is 108 Å². The maximum absolute atomic E-state index is 6.52. The summed E-state index contributed by atoms with van der Waals surface area (Å²) in [5.74, 6) is 1.90. The number of rotatable bonds is 8. The molecule has 0 bridgehead atoms. The van der Waals surface area contributed by atoms with E-state index in [1.165, 1.54) is 11.1 Å². The van der Waals surface area contributed by atoms with Gasteiger partial charge in [0.1, 0.15) is 11.4 Å². The lowest BCUT2D eigenvalue weighted by Crippen LogP contribution is -2.38. The first-order chi connectivity index (χ1) is 28.4. The normalized spacial score (nSPS) is 18.1. The first kappa shape index (κ1) is 35.2. The predicted octanol–water partition coefficient (Wildman–Crippen LogP) is 8.76. The van der Waals surface area contributed by atoms with E-state index in [1.54, 1.807) is 12.3 Å². The fourth-order valence-electron chi connectivity index (χ4n) is 8.89. The molecule has 0 saturated heterocycles. The third-order valence-corrected chi connectivity index (χ3v) is 11.7. The van der Waals surface area contributed by atoms with Crippen molar-refractivity contribution < 1.29 is 0 Å². The number of aromatic nitrogens is 6. The van der Waals surface area contributed by atoms with Gasteiger partial charge in [-0.25, -0.2) is 19.9 Å². The SMILES string of the molecule is C=C/C=C\C=C(/N)C1=NC(c2nc3cc4c(cc3n2-c2ccccc2)C(C)(C)C2C=c3c(nc(-c5cccc(-c6ccccn6)n5)n3-c3ccccc3)=CC42)=CCC1. The zero-order valence-corrected chi connectivity index (χ0v) is 32.5. The van der Waals surface area contributed by atoms with Gasteiger partial charge in [0.2, 0.25) is 0 Å². The number of hydrogen-bond acceptors (Lipinski definition) is 6. The quantitative estimate of drug-likeness (QED) is 0.157. The fraction of sp³-hybridized carbons (Fsp3) is 0.140. The minimum atomic E-state index is -0.203. The lowest BCUT2D eigenvalue weighted by Gasteiger charge is -2.29. The van der Waals surface area contributed by atoms with Crippen LogP contribution in [0.3, 0.4) is 0 Å². The summed E-state index contributed by atoms with van der Waals surface area (Å²) in [4.78, 5) is 25.5. The molecule has 58 heavy (non-hydrogen) atoms. The standard InChI is InChI=1S/C50H42N8/c1-4-5-8-21-38(51)39-23-15-25-42(53-39)48-55-44-28-34-35-29-45-47(31-37(35)50(2,3)36(34)30-46(44)57(48)32-17-9-6-10-18-32)58(33-19-11-7-12-20-33)49(56-45)43-26-16-24-41(54-43)40-22-13-14-27-52-40/h4-14,16-22,24-31,35,37H,1,15,23,51H2,2-3H3/b8-5-,38-21-. The second-order valence-corrected chi connectivity index (χ2v) is 15.6. The number of benzene rings is 3. The maximum Gasteiger partial charge on any atom is 0.164 e. The Balaban J connectivity index is 1.14. The molecule has 8 heteroatoms. The van der Waals surface area contributed by atoms with E-state index >= 15 is 0 Å². The van der Waals surface area contributed by atoms with Gasteiger partial charge in [-0.1, -0.05) is 99.3 Å². The molecule has 3 aromatic carbocycles. The van der Waals surface area contributed by atoms with E-state index < -0.39 is 0 Å². The van der Waals surface area contributed by atoms with Gasteiger partial charge in [0.05, 0.1) is 44.5 Å². The molecule has 0 spiro atoms. The summed E-state index contributed by atoms with van der Waals surface area (Å²) in [6.07, 6.45) is 17.8. The van der Waals surface area contributed by atoms with Gasteiger partial charge < -0.3 is 5.73 Å². The first-order valence-corrected chi connectivity index (χ1v) is 19.8. The molecule has 0 saturated carbocycles. The van der Waals surface area contributed by atoms with Crippen molar-refractivity contribution >= 4 is 34.6 Å². The number of imidazole rings is 2. The lowest BCUT2D eigenvalue weighted by atomic mass is 9.74. The number of hydrogen-bond donors (Lipinski definition) is 1. The van der Waals surface area contributed by atoms with Crippen molar-refractivity contribution in [3.05, 3.63) is 186 Å². The van der Waals surface area contributed by atoms with E-state index in [9.17, 15) is 0 Å². The Labute approximate surface area is 337 Å². The Kier molecular flexibility index (Phi) is 8.55. The van der Waals surface area contributed by atoms with E-state index in [-0.39, 0.29) is 17.3 Å². The molecule has 10 rings (SSSR count). The van der Waals surface area contributed by atoms with Crippen LogP contribution in [0.25, 0.3) is 63.2 Å². The zero-order chi connectivity index (χ0) is 39.4. The second kappa shape index (κ2) is 14.1. The van der Waals surface area contributed by atoms with Gasteiger partial charge in [-0.15, -0.1) is 0 Å². The molecular formula is C50H42N8. The van der Waals surface area contributed by atoms with Crippen molar-refractivity contribution in [2.24, 2.45) is 16.6 Å². The van der Waals surface area contributed by atoms with Crippen LogP contribution in [-0.2, 0) is 5.41 Å². The Morgan fingerprint density at radius 1 is 0.776 bits per heavy atom. The summed E-state index contributed by atoms with van der Waals surface area (Å²) in [7, 11) is 0. The molecule has 7 aromatic rings. The smallest absolute Gasteiger partial charge is 0.164 e. The topological polar surface area (TPSA) is 99.8 Å². The van der Waals surface area contributed by atoms with E-state index in [1.807, 2.05) is 66.8 Å². The van der Waals surface area contributed by atoms with Crippen molar-refractivity contribution in [1.82, 2.24) is 29.1 Å². The second-order valence-electron chi connectivity index (χ2n) is 15.6. The predicted molar refractivity (Wildman–Crippen MR) is 235 cm³/mol. The van der Waals surface area contributed by atoms with Crippen molar-refractivity contribution in [3.63, 3.8) is 0 Å². The molecule has 3 aliphatic rings. The van der Waals surface area contributed by atoms with Gasteiger partial charge in [0.15, 0.2) is 11.6 Å². The summed E-state index contributed by atoms with van der Waals surface area (Å²) in [6.45, 7) is 8.51. The largest absolute Gasteiger partial charge is 0.397 e. The van der Waals surface area contributed by atoms with Crippen LogP contribution in [0, 0.1) is 5.92 Å². The molecule has 0 fully saturated rings. The zero-order valence-electron chi connectivity index (χ0n) is 32.5. The number of allylic oxidation sites excluding steroid dienone is 6. The summed E-state index contributed by atoms with van der Waals surface area (Å²) >= 11 is 0. The summed E-state index contributed by atoms with van der Waals surface area (Å²) < 4.78 is 4.53. The van der Waals surface area contributed by atoms with Gasteiger partial charge in [0, 0.05) is 23.5 Å². The summed E-state index contributed by atoms with van der Waals surface area (Å²) in [6, 6.07) is 37.6. The molecular weight excluding hydrogens is 713 g/mol. The lowest BCUT2D eigenvalue weighted by molar-refractivity contribution is 0.421. The van der Waals surface area contributed by atoms with Crippen LogP contribution in [-0.4, -0.2) is 34.8 Å². The molecule has 0 amide bonds. The van der Waals surface area contributed by atoms with E-state index in [4.69, 9.17) is 25.7 Å². The molecule has 8 nitrogen and oxygen atoms in total. The molecule has 5 heterocycles. The number of fused-ring (bicyclic) bond motifs is 5. The average Bonchev–Trinajstić information content (AvgIpc) is 3.91. The van der Waals surface area contributed by atoms with Crippen molar-refractivity contribution in [3.8, 4) is 34.3 Å². The Hall–Kier alpha value is -7.19. The third kappa shape index (κ3) is 5.87. The Morgan fingerprint density at radius 3 is 2.28 bits per heavy atom. The molecule has 282 valence electrons. The van der Waals surface area contributed by atoms with Gasteiger partial charge in [-0.2, -0.15) is 0 Å². The minimum absolute atomic E-state index is 0.110. The average molecular weight is 755 g/mol.